The summed E-state index contributed by atoms with van der Waals surface area (Å²) in [5.74, 6) is -3.42. The van der Waals surface area contributed by atoms with E-state index in [0.717, 1.165) is 7.05 Å². The minimum absolute atomic E-state index is 0.0851. The molecule has 2 aromatic rings. The second-order valence-corrected chi connectivity index (χ2v) is 10.5. The van der Waals surface area contributed by atoms with Crippen molar-refractivity contribution >= 4 is 44.1 Å². The Bertz CT molecular complexity index is 1280. The molecule has 3 rings (SSSR count). The largest absolute Gasteiger partial charge is 0.476 e. The Morgan fingerprint density at radius 2 is 1.92 bits per heavy atom. The lowest BCUT2D eigenvalue weighted by Crippen LogP contribution is -2.24. The number of carboxylic acids is 1. The van der Waals surface area contributed by atoms with Gasteiger partial charge in [0.15, 0.2) is 26.3 Å². The number of carbonyl (C=O) groups is 1. The average molecular weight is 583 g/mol. The number of nitrogens with zero attached hydrogens (tertiary/aromatic N) is 4. The number of oxime groups is 1. The highest BCUT2D eigenvalue weighted by atomic mass is 35.5. The number of carboxylic acid groups (broad SMARTS) is 1. The molecule has 0 spiro atoms. The van der Waals surface area contributed by atoms with Gasteiger partial charge in [-0.15, -0.1) is 0 Å². The highest BCUT2D eigenvalue weighted by Crippen LogP contribution is 2.38. The second-order valence-electron chi connectivity index (χ2n) is 7.67. The first kappa shape index (κ1) is 29.5. The van der Waals surface area contributed by atoms with Gasteiger partial charge in [-0.05, 0) is 26.0 Å². The molecule has 0 radical (unpaired) electrons. The predicted molar refractivity (Wildman–Crippen MR) is 116 cm³/mol. The molecule has 1 aliphatic heterocycles. The first-order valence-electron chi connectivity index (χ1n) is 9.45. The topological polar surface area (TPSA) is 133 Å². The summed E-state index contributed by atoms with van der Waals surface area (Å²) in [6.45, 7) is -0.380. The summed E-state index contributed by atoms with van der Waals surface area (Å²) >= 11 is 10.9. The summed E-state index contributed by atoms with van der Waals surface area (Å²) in [5, 5.41) is 14.7. The zero-order valence-electron chi connectivity index (χ0n) is 18.5. The lowest BCUT2D eigenvalue weighted by atomic mass is 10.1. The number of aryl methyl sites for hydroxylation is 1. The number of hydrogen-bond donors (Lipinski definition) is 1. The van der Waals surface area contributed by atoms with Crippen LogP contribution in [0.25, 0.3) is 0 Å². The summed E-state index contributed by atoms with van der Waals surface area (Å²) in [6, 6.07) is 2.82. The van der Waals surface area contributed by atoms with Crippen LogP contribution in [0, 0.1) is 0 Å². The van der Waals surface area contributed by atoms with Crippen LogP contribution in [0.3, 0.4) is 0 Å². The molecule has 0 amide bonds. The molecule has 0 aliphatic carbocycles. The van der Waals surface area contributed by atoms with Crippen LogP contribution in [0.1, 0.15) is 42.0 Å². The Kier molecular flexibility index (Phi) is 8.79. The number of halogens is 7. The lowest BCUT2D eigenvalue weighted by Gasteiger charge is -2.13. The van der Waals surface area contributed by atoms with Crippen molar-refractivity contribution in [2.75, 3.05) is 0 Å². The molecule has 0 bridgehead atoms. The van der Waals surface area contributed by atoms with Crippen LogP contribution < -0.4 is 4.74 Å². The summed E-state index contributed by atoms with van der Waals surface area (Å²) in [4.78, 5) is 18.8. The minimum Gasteiger partial charge on any atom is -0.476 e. The normalized spacial score (nSPS) is 15.1. The molecule has 36 heavy (non-hydrogen) atoms. The molecule has 10 nitrogen and oxygen atoms in total. The van der Waals surface area contributed by atoms with Crippen LogP contribution in [-0.2, 0) is 33.7 Å². The smallest absolute Gasteiger partial charge is 0.435 e. The third-order valence-electron chi connectivity index (χ3n) is 4.24. The van der Waals surface area contributed by atoms with Gasteiger partial charge in [-0.1, -0.05) is 28.4 Å². The Morgan fingerprint density at radius 1 is 1.31 bits per heavy atom. The van der Waals surface area contributed by atoms with Crippen LogP contribution in [0.2, 0.25) is 10.2 Å². The van der Waals surface area contributed by atoms with E-state index in [2.05, 4.69) is 20.0 Å². The van der Waals surface area contributed by atoms with Crippen LogP contribution in [0.5, 0.6) is 5.88 Å². The maximum atomic E-state index is 13.1. The van der Waals surface area contributed by atoms with Crippen molar-refractivity contribution in [3.8, 4) is 5.88 Å². The van der Waals surface area contributed by atoms with Crippen molar-refractivity contribution in [1.82, 2.24) is 14.8 Å². The summed E-state index contributed by atoms with van der Waals surface area (Å²) in [5.41, 5.74) is -3.79. The first-order valence-corrected chi connectivity index (χ1v) is 11.9. The fourth-order valence-corrected chi connectivity index (χ4v) is 4.61. The van der Waals surface area contributed by atoms with E-state index in [0.29, 0.717) is 4.68 Å². The SMILES string of the molecule is Cn1nc(C(F)(F)F)c(CS(=O)(=O)C2=NOC(C)(C)C2)c1OC(F)F.O=C(O)c1nc(Cl)ccc1Cl. The predicted octanol–water partition coefficient (Wildman–Crippen LogP) is 4.55. The van der Waals surface area contributed by atoms with Crippen molar-refractivity contribution in [2.45, 2.75) is 44.4 Å². The molecule has 2 aromatic heterocycles. The van der Waals surface area contributed by atoms with Gasteiger partial charge < -0.3 is 14.7 Å². The van der Waals surface area contributed by atoms with Gasteiger partial charge in [0, 0.05) is 13.5 Å². The van der Waals surface area contributed by atoms with E-state index >= 15 is 0 Å². The van der Waals surface area contributed by atoms with Gasteiger partial charge in [0.05, 0.1) is 16.3 Å². The number of aromatic nitrogens is 3. The van der Waals surface area contributed by atoms with Gasteiger partial charge in [-0.2, -0.15) is 27.1 Å². The van der Waals surface area contributed by atoms with Gasteiger partial charge in [-0.3, -0.25) is 0 Å². The van der Waals surface area contributed by atoms with E-state index in [-0.39, 0.29) is 22.3 Å². The van der Waals surface area contributed by atoms with Gasteiger partial charge in [-0.25, -0.2) is 22.9 Å². The quantitative estimate of drug-likeness (QED) is 0.401. The minimum atomic E-state index is -5.06. The summed E-state index contributed by atoms with van der Waals surface area (Å²) < 4.78 is 93.4. The maximum absolute atomic E-state index is 13.1. The standard InChI is InChI=1S/C12H14F5N3O4S.C6H3Cl2NO2/c1-11(2)4-7(19-24-11)25(21,22)5-6-8(12(15,16)17)18-20(3)9(6)23-10(13)14;7-3-1-2-4(8)9-5(3)6(10)11/h10H,4-5H2,1-3H3;1-2H,(H,10,11). The number of ether oxygens (including phenoxy) is 1. The zero-order valence-corrected chi connectivity index (χ0v) is 20.8. The van der Waals surface area contributed by atoms with Crippen molar-refractivity contribution < 1.29 is 49.8 Å². The zero-order chi connectivity index (χ0) is 27.6. The van der Waals surface area contributed by atoms with Crippen LogP contribution >= 0.6 is 23.2 Å². The second kappa shape index (κ2) is 10.7. The number of hydrogen-bond acceptors (Lipinski definition) is 8. The van der Waals surface area contributed by atoms with Gasteiger partial charge in [0.1, 0.15) is 10.8 Å². The molecule has 0 saturated carbocycles. The van der Waals surface area contributed by atoms with E-state index in [1.165, 1.54) is 26.0 Å². The number of sulfone groups is 1. The molecule has 18 heteroatoms. The number of alkyl halides is 5. The lowest BCUT2D eigenvalue weighted by molar-refractivity contribution is -0.142. The van der Waals surface area contributed by atoms with E-state index < -0.39 is 62.1 Å². The maximum Gasteiger partial charge on any atom is 0.435 e. The Morgan fingerprint density at radius 3 is 2.36 bits per heavy atom. The third kappa shape index (κ3) is 7.39. The number of pyridine rings is 1. The molecule has 1 N–H and O–H groups in total. The molecule has 0 fully saturated rings. The van der Waals surface area contributed by atoms with Crippen LogP contribution in [0.4, 0.5) is 22.0 Å². The third-order valence-corrected chi connectivity index (χ3v) is 6.36. The highest BCUT2D eigenvalue weighted by Gasteiger charge is 2.43. The molecule has 0 unspecified atom stereocenters. The Labute approximate surface area is 210 Å². The Balaban J connectivity index is 0.000000346. The van der Waals surface area contributed by atoms with Crippen molar-refractivity contribution in [2.24, 2.45) is 12.2 Å². The molecular formula is C18H17Cl2F5N4O6S. The van der Waals surface area contributed by atoms with Crippen molar-refractivity contribution in [1.29, 1.82) is 0 Å². The van der Waals surface area contributed by atoms with Gasteiger partial charge in [0.2, 0.25) is 5.88 Å². The molecular weight excluding hydrogens is 566 g/mol. The monoisotopic (exact) mass is 582 g/mol. The highest BCUT2D eigenvalue weighted by molar-refractivity contribution is 8.05. The van der Waals surface area contributed by atoms with E-state index in [4.69, 9.17) is 33.1 Å². The molecule has 3 heterocycles. The first-order chi connectivity index (χ1) is 16.3. The summed E-state index contributed by atoms with van der Waals surface area (Å²) in [6.07, 6.45) is -5.22. The Hall–Kier alpha value is -2.72. The van der Waals surface area contributed by atoms with E-state index in [1.54, 1.807) is 0 Å². The molecule has 0 aromatic carbocycles. The molecule has 0 atom stereocenters. The average Bonchev–Trinajstić information content (AvgIpc) is 3.24. The van der Waals surface area contributed by atoms with Gasteiger partial charge in [0.25, 0.3) is 0 Å². The van der Waals surface area contributed by atoms with Crippen LogP contribution in [0.15, 0.2) is 17.3 Å². The van der Waals surface area contributed by atoms with Crippen molar-refractivity contribution in [3.05, 3.63) is 39.3 Å². The van der Waals surface area contributed by atoms with E-state index in [1.807, 2.05) is 0 Å². The molecule has 1 aliphatic rings. The van der Waals surface area contributed by atoms with E-state index in [9.17, 15) is 35.2 Å². The fourth-order valence-electron chi connectivity index (χ4n) is 2.75. The molecule has 200 valence electrons. The number of rotatable bonds is 5. The van der Waals surface area contributed by atoms with Gasteiger partial charge >= 0.3 is 18.8 Å². The van der Waals surface area contributed by atoms with Crippen LogP contribution in [-0.4, -0.2) is 51.5 Å². The van der Waals surface area contributed by atoms with Crippen molar-refractivity contribution in [3.63, 3.8) is 0 Å². The fraction of sp³-hybridized carbons (Fsp3) is 0.444. The molecule has 0 saturated heterocycles. The number of aromatic carboxylic acids is 1. The summed E-state index contributed by atoms with van der Waals surface area (Å²) in [7, 11) is -3.43.